The second kappa shape index (κ2) is 5.33. The van der Waals surface area contributed by atoms with Crippen LogP contribution in [0.25, 0.3) is 16.3 Å². The van der Waals surface area contributed by atoms with Crippen molar-refractivity contribution in [2.45, 2.75) is 12.8 Å². The summed E-state index contributed by atoms with van der Waals surface area (Å²) >= 11 is 0. The molecule has 3 N–H and O–H groups in total. The van der Waals surface area contributed by atoms with Crippen LogP contribution in [0.15, 0.2) is 47.9 Å². The van der Waals surface area contributed by atoms with E-state index in [4.69, 9.17) is 5.21 Å². The largest absolute Gasteiger partial charge is 0.410 e. The number of hydrogen-bond donors (Lipinski definition) is 2. The van der Waals surface area contributed by atoms with Crippen LogP contribution in [-0.4, -0.2) is 16.5 Å². The Labute approximate surface area is 117 Å². The molecule has 2 aliphatic carbocycles. The zero-order valence-electron chi connectivity index (χ0n) is 11.1. The Kier molecular flexibility index (Phi) is 3.37. The summed E-state index contributed by atoms with van der Waals surface area (Å²) in [5, 5.41) is 12.2. The van der Waals surface area contributed by atoms with Gasteiger partial charge in [-0.15, -0.1) is 0 Å². The smallest absolute Gasteiger partial charge is 0.125 e. The van der Waals surface area contributed by atoms with E-state index in [-0.39, 0.29) is 0 Å². The molecule has 1 aromatic carbocycles. The number of rotatable bonds is 1. The predicted molar refractivity (Wildman–Crippen MR) is 80.4 cm³/mol. The fourth-order valence-electron chi connectivity index (χ4n) is 2.82. The van der Waals surface area contributed by atoms with Gasteiger partial charge in [0.2, 0.25) is 0 Å². The molecular weight excluding hydrogens is 250 g/mol. The first-order valence-electron chi connectivity index (χ1n) is 6.74. The van der Waals surface area contributed by atoms with Crippen molar-refractivity contribution in [1.82, 2.24) is 4.98 Å². The Bertz CT molecular complexity index is 674. The molecule has 1 aromatic heterocycles. The van der Waals surface area contributed by atoms with E-state index in [1.54, 1.807) is 5.57 Å². The van der Waals surface area contributed by atoms with Gasteiger partial charge in [-0.05, 0) is 53.3 Å². The molecule has 0 bridgehead atoms. The zero-order valence-corrected chi connectivity index (χ0v) is 11.1. The summed E-state index contributed by atoms with van der Waals surface area (Å²) in [5.74, 6) is 1.87. The van der Waals surface area contributed by atoms with E-state index in [1.165, 1.54) is 29.2 Å². The van der Waals surface area contributed by atoms with E-state index in [0.717, 1.165) is 18.2 Å². The second-order valence-corrected chi connectivity index (χ2v) is 5.26. The van der Waals surface area contributed by atoms with Gasteiger partial charge in [0.15, 0.2) is 0 Å². The highest BCUT2D eigenvalue weighted by Crippen LogP contribution is 2.52. The summed E-state index contributed by atoms with van der Waals surface area (Å²) in [4.78, 5) is 4.18. The lowest BCUT2D eigenvalue weighted by atomic mass is 10.0. The average Bonchev–Trinajstić information content (AvgIpc) is 3.13. The molecule has 2 unspecified atom stereocenters. The summed E-state index contributed by atoms with van der Waals surface area (Å²) in [7, 11) is 0. The van der Waals surface area contributed by atoms with E-state index >= 15 is 0 Å². The summed E-state index contributed by atoms with van der Waals surface area (Å²) in [6.45, 7) is 0. The van der Waals surface area contributed by atoms with Gasteiger partial charge in [0.1, 0.15) is 6.34 Å². The Morgan fingerprint density at radius 1 is 1.30 bits per heavy atom. The Balaban J connectivity index is 0.000000272. The first-order valence-corrected chi connectivity index (χ1v) is 6.74. The van der Waals surface area contributed by atoms with E-state index < -0.39 is 0 Å². The maximum absolute atomic E-state index is 7.32. The third kappa shape index (κ3) is 2.50. The number of nitrogens with zero attached hydrogens (tertiary/aromatic N) is 2. The van der Waals surface area contributed by atoms with E-state index in [9.17, 15) is 0 Å². The van der Waals surface area contributed by atoms with Crippen molar-refractivity contribution in [2.24, 2.45) is 22.7 Å². The number of benzene rings is 1. The third-order valence-electron chi connectivity index (χ3n) is 3.95. The molecule has 2 atom stereocenters. The summed E-state index contributed by atoms with van der Waals surface area (Å²) < 4.78 is 0. The van der Waals surface area contributed by atoms with Crippen LogP contribution in [0.4, 0.5) is 0 Å². The standard InChI is InChI=1S/C15H13N.CH4N2O/c1-2-11(12-6-13-8-14(13)7-12)5-15-9-16-4-3-10(1)15;2-1-3-4/h1-6,9,13-14H,7-8H2;1,4H,(H2,2,3). The average molecular weight is 267 g/mol. The number of hydrogen-bond acceptors (Lipinski definition) is 3. The van der Waals surface area contributed by atoms with E-state index in [1.807, 2.05) is 12.4 Å². The Morgan fingerprint density at radius 3 is 2.85 bits per heavy atom. The first-order chi connectivity index (χ1) is 9.81. The molecule has 2 aliphatic rings. The molecule has 0 saturated heterocycles. The molecular formula is C16H17N3O. The van der Waals surface area contributed by atoms with Crippen LogP contribution in [0, 0.1) is 11.8 Å². The van der Waals surface area contributed by atoms with Crippen LogP contribution in [0.1, 0.15) is 18.4 Å². The fourth-order valence-corrected chi connectivity index (χ4v) is 2.82. The van der Waals surface area contributed by atoms with Gasteiger partial charge in [-0.25, -0.2) is 0 Å². The van der Waals surface area contributed by atoms with Gasteiger partial charge in [0.05, 0.1) is 0 Å². The molecule has 1 fully saturated rings. The molecule has 0 amide bonds. The number of aromatic nitrogens is 1. The van der Waals surface area contributed by atoms with Crippen molar-refractivity contribution in [2.75, 3.05) is 0 Å². The highest BCUT2D eigenvalue weighted by molar-refractivity contribution is 5.86. The fraction of sp³-hybridized carbons (Fsp3) is 0.250. The molecule has 1 saturated carbocycles. The van der Waals surface area contributed by atoms with Crippen molar-refractivity contribution in [1.29, 1.82) is 0 Å². The molecule has 0 aliphatic heterocycles. The minimum absolute atomic E-state index is 0.806. The maximum Gasteiger partial charge on any atom is 0.125 e. The number of nitrogens with two attached hydrogens (primary N) is 1. The molecule has 0 radical (unpaired) electrons. The minimum Gasteiger partial charge on any atom is -0.410 e. The number of oxime groups is 1. The lowest BCUT2D eigenvalue weighted by Crippen LogP contribution is -1.85. The van der Waals surface area contributed by atoms with Crippen molar-refractivity contribution in [3.8, 4) is 0 Å². The van der Waals surface area contributed by atoms with Crippen molar-refractivity contribution in [3.05, 3.63) is 48.3 Å². The first kappa shape index (κ1) is 12.7. The molecule has 1 heterocycles. The minimum atomic E-state index is 0.806. The zero-order chi connectivity index (χ0) is 13.9. The summed E-state index contributed by atoms with van der Waals surface area (Å²) in [6.07, 6.45) is 9.80. The van der Waals surface area contributed by atoms with E-state index in [2.05, 4.69) is 46.2 Å². The maximum atomic E-state index is 7.32. The van der Waals surface area contributed by atoms with Crippen LogP contribution >= 0.6 is 0 Å². The molecule has 20 heavy (non-hydrogen) atoms. The van der Waals surface area contributed by atoms with Crippen molar-refractivity contribution < 1.29 is 5.21 Å². The topological polar surface area (TPSA) is 71.5 Å². The molecule has 102 valence electrons. The highest BCUT2D eigenvalue weighted by atomic mass is 16.4. The molecule has 0 spiro atoms. The van der Waals surface area contributed by atoms with Crippen molar-refractivity contribution in [3.63, 3.8) is 0 Å². The monoisotopic (exact) mass is 267 g/mol. The number of fused-ring (bicyclic) bond motifs is 2. The van der Waals surface area contributed by atoms with Gasteiger partial charge >= 0.3 is 0 Å². The quantitative estimate of drug-likeness (QED) is 0.361. The van der Waals surface area contributed by atoms with Crippen LogP contribution in [0.2, 0.25) is 0 Å². The molecule has 4 rings (SSSR count). The van der Waals surface area contributed by atoms with Gasteiger partial charge in [0.25, 0.3) is 0 Å². The lowest BCUT2D eigenvalue weighted by molar-refractivity contribution is 0.321. The molecule has 2 aromatic rings. The number of pyridine rings is 1. The predicted octanol–water partition coefficient (Wildman–Crippen LogP) is 3.02. The van der Waals surface area contributed by atoms with Crippen LogP contribution in [0.3, 0.4) is 0 Å². The molecule has 4 nitrogen and oxygen atoms in total. The van der Waals surface area contributed by atoms with Gasteiger partial charge in [-0.2, -0.15) is 0 Å². The lowest BCUT2D eigenvalue weighted by Gasteiger charge is -2.05. The SMILES string of the molecule is C1=C(c2ccc3ccncc3c2)CC2CC12.N/C=N\O. The van der Waals surface area contributed by atoms with Gasteiger partial charge < -0.3 is 10.9 Å². The van der Waals surface area contributed by atoms with Gasteiger partial charge in [-0.3, -0.25) is 4.98 Å². The normalized spacial score (nSPS) is 23.1. The van der Waals surface area contributed by atoms with E-state index in [0.29, 0.717) is 0 Å². The Morgan fingerprint density at radius 2 is 2.15 bits per heavy atom. The summed E-state index contributed by atoms with van der Waals surface area (Å²) in [6, 6.07) is 8.80. The second-order valence-electron chi connectivity index (χ2n) is 5.26. The van der Waals surface area contributed by atoms with Crippen LogP contribution in [0.5, 0.6) is 0 Å². The third-order valence-corrected chi connectivity index (χ3v) is 3.95. The van der Waals surface area contributed by atoms with Crippen LogP contribution < -0.4 is 5.73 Å². The van der Waals surface area contributed by atoms with Crippen molar-refractivity contribution >= 4 is 22.7 Å². The highest BCUT2D eigenvalue weighted by Gasteiger charge is 2.40. The number of allylic oxidation sites excluding steroid dienone is 2. The Hall–Kier alpha value is -2.36. The summed E-state index contributed by atoms with van der Waals surface area (Å²) in [5.41, 5.74) is 7.43. The van der Waals surface area contributed by atoms with Gasteiger partial charge in [0, 0.05) is 17.8 Å². The van der Waals surface area contributed by atoms with Crippen LogP contribution in [-0.2, 0) is 0 Å². The van der Waals surface area contributed by atoms with Gasteiger partial charge in [-0.1, -0.05) is 23.4 Å². The molecule has 4 heteroatoms.